The quantitative estimate of drug-likeness (QED) is 0.340. The van der Waals surface area contributed by atoms with Crippen molar-refractivity contribution in [1.29, 1.82) is 0 Å². The number of hydrogen-bond acceptors (Lipinski definition) is 10. The van der Waals surface area contributed by atoms with E-state index in [1.54, 1.807) is 18.5 Å². The Morgan fingerprint density at radius 1 is 1.10 bits per heavy atom. The van der Waals surface area contributed by atoms with Crippen molar-refractivity contribution in [3.8, 4) is 23.2 Å². The van der Waals surface area contributed by atoms with E-state index >= 15 is 0 Å². The Hall–Kier alpha value is -3.53. The molecule has 3 fully saturated rings. The first-order valence-corrected chi connectivity index (χ1v) is 15.8. The molecule has 11 nitrogen and oxygen atoms in total. The SMILES string of the molecule is CC1OCCC1C#Cc1cnc(Nc2ccnc(-c3cnn(S(=O)(=O)C4CC4)c3)n2)cc1NC[C@H]1CC[C@H](O)CC1. The Kier molecular flexibility index (Phi) is 7.92. The third-order valence-corrected chi connectivity index (χ3v) is 10.0. The fourth-order valence-corrected chi connectivity index (χ4v) is 6.72. The molecule has 0 spiro atoms. The number of aliphatic hydroxyl groups is 1. The fraction of sp³-hybridized carbons (Fsp3) is 0.517. The van der Waals surface area contributed by atoms with Gasteiger partial charge in [0.1, 0.15) is 11.6 Å². The molecule has 2 saturated carbocycles. The van der Waals surface area contributed by atoms with E-state index in [2.05, 4.69) is 49.4 Å². The van der Waals surface area contributed by atoms with Crippen LogP contribution in [0.5, 0.6) is 0 Å². The number of hydrogen-bond donors (Lipinski definition) is 3. The van der Waals surface area contributed by atoms with Crippen LogP contribution in [0.2, 0.25) is 0 Å². The van der Waals surface area contributed by atoms with Crippen molar-refractivity contribution in [2.45, 2.75) is 69.3 Å². The maximum atomic E-state index is 12.5. The monoisotopic (exact) mass is 577 g/mol. The number of nitrogens with zero attached hydrogens (tertiary/aromatic N) is 5. The highest BCUT2D eigenvalue weighted by molar-refractivity contribution is 7.90. The lowest BCUT2D eigenvalue weighted by Crippen LogP contribution is -2.23. The number of aromatic nitrogens is 5. The van der Waals surface area contributed by atoms with Crippen molar-refractivity contribution in [3.63, 3.8) is 0 Å². The minimum atomic E-state index is -3.46. The highest BCUT2D eigenvalue weighted by atomic mass is 32.2. The van der Waals surface area contributed by atoms with Crippen LogP contribution in [0.1, 0.15) is 57.4 Å². The molecular formula is C29H35N7O4S. The topological polar surface area (TPSA) is 144 Å². The molecule has 6 rings (SSSR count). The van der Waals surface area contributed by atoms with Gasteiger partial charge >= 0.3 is 0 Å². The highest BCUT2D eigenvalue weighted by Crippen LogP contribution is 2.31. The lowest BCUT2D eigenvalue weighted by Gasteiger charge is -2.26. The van der Waals surface area contributed by atoms with Crippen LogP contribution in [-0.4, -0.2) is 68.3 Å². The smallest absolute Gasteiger partial charge is 0.256 e. The molecule has 2 atom stereocenters. The summed E-state index contributed by atoms with van der Waals surface area (Å²) < 4.78 is 31.7. The number of ether oxygens (including phenoxy) is 1. The standard InChI is InChI=1S/C29H35N7O4S/c1-19-21(11-13-40-19)4-5-22-16-32-28(14-26(22)31-15-20-2-6-24(37)7-3-20)34-27-10-12-30-29(35-27)23-17-33-36(18-23)41(38,39)25-8-9-25/h10,12,14,16-21,24-25,37H,2-3,6-9,11,13,15H2,1H3,(H2,30,31,32,34,35)/t19?,20-,21?,24-. The summed E-state index contributed by atoms with van der Waals surface area (Å²) >= 11 is 0. The lowest BCUT2D eigenvalue weighted by molar-refractivity contribution is 0.111. The summed E-state index contributed by atoms with van der Waals surface area (Å²) in [5.74, 6) is 8.84. The lowest BCUT2D eigenvalue weighted by atomic mass is 9.87. The van der Waals surface area contributed by atoms with Crippen molar-refractivity contribution in [1.82, 2.24) is 24.1 Å². The van der Waals surface area contributed by atoms with Gasteiger partial charge in [-0.05, 0) is 63.9 Å². The van der Waals surface area contributed by atoms with Gasteiger partial charge in [0.05, 0.1) is 46.7 Å². The van der Waals surface area contributed by atoms with Gasteiger partial charge in [0.2, 0.25) is 0 Å². The van der Waals surface area contributed by atoms with Crippen molar-refractivity contribution in [2.24, 2.45) is 11.8 Å². The Bertz CT molecular complexity index is 1550. The van der Waals surface area contributed by atoms with Gasteiger partial charge in [-0.25, -0.2) is 23.4 Å². The van der Waals surface area contributed by atoms with Gasteiger partial charge in [0.25, 0.3) is 10.0 Å². The van der Waals surface area contributed by atoms with Crippen molar-refractivity contribution < 1.29 is 18.3 Å². The van der Waals surface area contributed by atoms with E-state index in [0.29, 0.717) is 41.8 Å². The van der Waals surface area contributed by atoms with Crippen molar-refractivity contribution in [2.75, 3.05) is 23.8 Å². The molecule has 0 amide bonds. The van der Waals surface area contributed by atoms with Gasteiger partial charge in [-0.1, -0.05) is 11.8 Å². The number of aliphatic hydroxyl groups excluding tert-OH is 1. The molecule has 3 aromatic heterocycles. The van der Waals surface area contributed by atoms with Crippen molar-refractivity contribution in [3.05, 3.63) is 42.5 Å². The van der Waals surface area contributed by atoms with E-state index in [4.69, 9.17) is 4.74 Å². The molecule has 216 valence electrons. The second-order valence-electron chi connectivity index (χ2n) is 11.1. The van der Waals surface area contributed by atoms with Gasteiger partial charge in [0.15, 0.2) is 5.82 Å². The molecule has 2 aliphatic carbocycles. The van der Waals surface area contributed by atoms with Crippen LogP contribution in [-0.2, 0) is 14.8 Å². The molecule has 1 aliphatic heterocycles. The van der Waals surface area contributed by atoms with Gasteiger partial charge in [-0.2, -0.15) is 9.19 Å². The fourth-order valence-electron chi connectivity index (χ4n) is 5.24. The summed E-state index contributed by atoms with van der Waals surface area (Å²) in [5, 5.41) is 20.4. The first kappa shape index (κ1) is 27.6. The van der Waals surface area contributed by atoms with Crippen LogP contribution in [0.15, 0.2) is 36.9 Å². The number of rotatable bonds is 8. The maximum absolute atomic E-state index is 12.5. The van der Waals surface area contributed by atoms with Crippen LogP contribution in [0.4, 0.5) is 17.3 Å². The Morgan fingerprint density at radius 3 is 2.68 bits per heavy atom. The van der Waals surface area contributed by atoms with Crippen LogP contribution in [0.3, 0.4) is 0 Å². The van der Waals surface area contributed by atoms with E-state index in [1.807, 2.05) is 6.07 Å². The second-order valence-corrected chi connectivity index (χ2v) is 13.2. The van der Waals surface area contributed by atoms with Crippen LogP contribution in [0.25, 0.3) is 11.4 Å². The molecule has 3 N–H and O–H groups in total. The average molecular weight is 578 g/mol. The molecule has 41 heavy (non-hydrogen) atoms. The molecule has 4 heterocycles. The number of pyridine rings is 1. The van der Waals surface area contributed by atoms with Gasteiger partial charge in [-0.3, -0.25) is 0 Å². The van der Waals surface area contributed by atoms with Crippen molar-refractivity contribution >= 4 is 27.3 Å². The summed E-state index contributed by atoms with van der Waals surface area (Å²) in [6, 6.07) is 3.66. The predicted molar refractivity (Wildman–Crippen MR) is 155 cm³/mol. The second kappa shape index (κ2) is 11.8. The Morgan fingerprint density at radius 2 is 1.93 bits per heavy atom. The van der Waals surface area contributed by atoms with E-state index in [1.165, 1.54) is 12.4 Å². The molecule has 0 radical (unpaired) electrons. The molecule has 0 bridgehead atoms. The third-order valence-electron chi connectivity index (χ3n) is 8.01. The summed E-state index contributed by atoms with van der Waals surface area (Å²) in [6.07, 6.45) is 12.1. The Labute approximate surface area is 240 Å². The summed E-state index contributed by atoms with van der Waals surface area (Å²) in [5.41, 5.74) is 2.22. The highest BCUT2D eigenvalue weighted by Gasteiger charge is 2.37. The minimum Gasteiger partial charge on any atom is -0.393 e. The number of nitrogens with one attached hydrogen (secondary N) is 2. The van der Waals surface area contributed by atoms with E-state index < -0.39 is 10.0 Å². The normalized spacial score (nSPS) is 24.4. The average Bonchev–Trinajstić information content (AvgIpc) is 3.58. The van der Waals surface area contributed by atoms with E-state index in [9.17, 15) is 13.5 Å². The first-order valence-electron chi connectivity index (χ1n) is 14.3. The van der Waals surface area contributed by atoms with Crippen LogP contribution < -0.4 is 10.6 Å². The molecule has 2 unspecified atom stereocenters. The molecule has 1 saturated heterocycles. The first-order chi connectivity index (χ1) is 19.8. The third kappa shape index (κ3) is 6.53. The molecule has 12 heteroatoms. The Balaban J connectivity index is 1.20. The van der Waals surface area contributed by atoms with Crippen LogP contribution >= 0.6 is 0 Å². The van der Waals surface area contributed by atoms with Gasteiger partial charge < -0.3 is 20.5 Å². The zero-order chi connectivity index (χ0) is 28.4. The number of anilines is 3. The summed E-state index contributed by atoms with van der Waals surface area (Å²) in [4.78, 5) is 13.5. The maximum Gasteiger partial charge on any atom is 0.256 e. The zero-order valence-electron chi connectivity index (χ0n) is 23.0. The molecular weight excluding hydrogens is 542 g/mol. The largest absolute Gasteiger partial charge is 0.393 e. The molecule has 3 aliphatic rings. The predicted octanol–water partition coefficient (Wildman–Crippen LogP) is 3.56. The summed E-state index contributed by atoms with van der Waals surface area (Å²) in [6.45, 7) is 3.58. The molecule has 0 aromatic carbocycles. The minimum absolute atomic E-state index is 0.120. The van der Waals surface area contributed by atoms with E-state index in [0.717, 1.165) is 60.6 Å². The van der Waals surface area contributed by atoms with E-state index in [-0.39, 0.29) is 23.4 Å². The molecule has 3 aromatic rings. The zero-order valence-corrected chi connectivity index (χ0v) is 23.8. The van der Waals surface area contributed by atoms with Crippen LogP contribution in [0, 0.1) is 23.7 Å². The summed E-state index contributed by atoms with van der Waals surface area (Å²) in [7, 11) is -3.46. The van der Waals surface area contributed by atoms with Gasteiger partial charge in [-0.15, -0.1) is 0 Å². The van der Waals surface area contributed by atoms with Gasteiger partial charge in [0, 0.05) is 37.5 Å².